The lowest BCUT2D eigenvalue weighted by Crippen LogP contribution is -2.44. The quantitative estimate of drug-likeness (QED) is 0.545. The van der Waals surface area contributed by atoms with Crippen molar-refractivity contribution in [2.24, 2.45) is 0 Å². The van der Waals surface area contributed by atoms with Crippen molar-refractivity contribution in [2.75, 3.05) is 12.3 Å². The van der Waals surface area contributed by atoms with Gasteiger partial charge in [-0.1, -0.05) is 0 Å². The van der Waals surface area contributed by atoms with Gasteiger partial charge in [0.25, 0.3) is 0 Å². The summed E-state index contributed by atoms with van der Waals surface area (Å²) in [7, 11) is 0. The summed E-state index contributed by atoms with van der Waals surface area (Å²) in [4.78, 5) is 7.93. The molecule has 3 rings (SSSR count). The molecule has 0 aliphatic carbocycles. The third kappa shape index (κ3) is 1.86. The summed E-state index contributed by atoms with van der Waals surface area (Å²) < 4.78 is 6.95. The minimum Gasteiger partial charge on any atom is -0.394 e. The number of aromatic nitrogens is 3. The first kappa shape index (κ1) is 14.7. The number of aliphatic hydroxyl groups excluding tert-OH is 2. The van der Waals surface area contributed by atoms with Crippen LogP contribution in [0.25, 0.3) is 11.0 Å². The highest BCUT2D eigenvalue weighted by molar-refractivity contribution is 5.92. The topological polar surface area (TPSA) is 150 Å². The molecule has 2 aromatic rings. The van der Waals surface area contributed by atoms with E-state index >= 15 is 0 Å². The van der Waals surface area contributed by atoms with Gasteiger partial charge in [0.2, 0.25) is 0 Å². The molecule has 1 fully saturated rings. The highest BCUT2D eigenvalue weighted by Gasteiger charge is 2.53. The summed E-state index contributed by atoms with van der Waals surface area (Å²) in [6.45, 7) is 0.940. The molecule has 4 atom stereocenters. The monoisotopic (exact) mass is 305 g/mol. The second-order valence-electron chi connectivity index (χ2n) is 5.40. The normalized spacial score (nSPS) is 31.5. The number of hydrogen-bond acceptors (Lipinski definition) is 8. The molecule has 0 radical (unpaired) electrons. The molecular formula is C13H15N5O4. The largest absolute Gasteiger partial charge is 0.394 e. The molecule has 0 amide bonds. The lowest BCUT2D eigenvalue weighted by molar-refractivity contribution is -0.0948. The first-order valence-corrected chi connectivity index (χ1v) is 6.59. The number of hydrogen-bond donors (Lipinski definition) is 4. The Balaban J connectivity index is 2.20. The molecule has 9 heteroatoms. The third-order valence-electron chi connectivity index (χ3n) is 3.95. The average molecular weight is 305 g/mol. The Bertz CT molecular complexity index is 766. The van der Waals surface area contributed by atoms with Crippen molar-refractivity contribution in [3.8, 4) is 6.07 Å². The molecule has 1 aliphatic heterocycles. The molecule has 9 nitrogen and oxygen atoms in total. The SMILES string of the molecule is CC1(O)C(O)C(CO)OC1n1cc(C#N)c2c(N)ncnc21. The minimum absolute atomic E-state index is 0.136. The third-order valence-corrected chi connectivity index (χ3v) is 3.95. The Morgan fingerprint density at radius 3 is 2.86 bits per heavy atom. The van der Waals surface area contributed by atoms with Gasteiger partial charge < -0.3 is 30.4 Å². The fraction of sp³-hybridized carbons (Fsp3) is 0.462. The zero-order valence-corrected chi connectivity index (χ0v) is 11.7. The maximum atomic E-state index is 10.5. The maximum absolute atomic E-state index is 10.5. The predicted octanol–water partition coefficient (Wildman–Crippen LogP) is -1.11. The van der Waals surface area contributed by atoms with Crippen molar-refractivity contribution in [3.05, 3.63) is 18.1 Å². The van der Waals surface area contributed by atoms with Crippen molar-refractivity contribution >= 4 is 16.9 Å². The van der Waals surface area contributed by atoms with Crippen LogP contribution < -0.4 is 5.73 Å². The van der Waals surface area contributed by atoms with Crippen LogP contribution in [0, 0.1) is 11.3 Å². The van der Waals surface area contributed by atoms with E-state index in [4.69, 9.17) is 10.5 Å². The zero-order chi connectivity index (χ0) is 16.1. The highest BCUT2D eigenvalue weighted by Crippen LogP contribution is 2.40. The summed E-state index contributed by atoms with van der Waals surface area (Å²) in [5.74, 6) is 0.136. The number of fused-ring (bicyclic) bond motifs is 1. The van der Waals surface area contributed by atoms with Gasteiger partial charge in [-0.2, -0.15) is 5.26 Å². The van der Waals surface area contributed by atoms with Crippen LogP contribution in [0.2, 0.25) is 0 Å². The van der Waals surface area contributed by atoms with Crippen molar-refractivity contribution < 1.29 is 20.1 Å². The van der Waals surface area contributed by atoms with E-state index in [0.717, 1.165) is 0 Å². The molecule has 1 saturated heterocycles. The Morgan fingerprint density at radius 2 is 2.27 bits per heavy atom. The van der Waals surface area contributed by atoms with Gasteiger partial charge in [0.05, 0.1) is 17.6 Å². The Morgan fingerprint density at radius 1 is 1.55 bits per heavy atom. The van der Waals surface area contributed by atoms with Crippen LogP contribution in [0.15, 0.2) is 12.5 Å². The molecule has 0 spiro atoms. The standard InChI is InChI=1S/C13H15N5O4/c1-13(21)9(20)7(4-19)22-12(13)18-3-6(2-14)8-10(15)16-5-17-11(8)18/h3,5,7,9,12,19-21H,4H2,1H3,(H2,15,16,17). The Hall–Kier alpha value is -2.25. The number of anilines is 1. The maximum Gasteiger partial charge on any atom is 0.167 e. The summed E-state index contributed by atoms with van der Waals surface area (Å²) in [5, 5.41) is 39.4. The molecule has 4 unspecified atom stereocenters. The van der Waals surface area contributed by atoms with Gasteiger partial charge in [0.1, 0.15) is 41.7 Å². The average Bonchev–Trinajstić information content (AvgIpc) is 2.97. The van der Waals surface area contributed by atoms with E-state index in [9.17, 15) is 20.6 Å². The van der Waals surface area contributed by atoms with E-state index in [-0.39, 0.29) is 11.4 Å². The smallest absolute Gasteiger partial charge is 0.167 e. The van der Waals surface area contributed by atoms with Gasteiger partial charge in [-0.3, -0.25) is 0 Å². The molecule has 1 aliphatic rings. The fourth-order valence-electron chi connectivity index (χ4n) is 2.76. The van der Waals surface area contributed by atoms with Crippen molar-refractivity contribution in [3.63, 3.8) is 0 Å². The van der Waals surface area contributed by atoms with E-state index in [1.807, 2.05) is 6.07 Å². The van der Waals surface area contributed by atoms with Crippen molar-refractivity contribution in [2.45, 2.75) is 31.0 Å². The van der Waals surface area contributed by atoms with Crippen LogP contribution in [0.1, 0.15) is 18.7 Å². The minimum atomic E-state index is -1.67. The van der Waals surface area contributed by atoms with Crippen LogP contribution in [0.5, 0.6) is 0 Å². The molecule has 0 saturated carbocycles. The van der Waals surface area contributed by atoms with E-state index in [2.05, 4.69) is 9.97 Å². The number of nitrogen functional groups attached to an aromatic ring is 1. The zero-order valence-electron chi connectivity index (χ0n) is 11.7. The van der Waals surface area contributed by atoms with Gasteiger partial charge in [0.15, 0.2) is 6.23 Å². The van der Waals surface area contributed by atoms with Crippen LogP contribution in [0.3, 0.4) is 0 Å². The van der Waals surface area contributed by atoms with Crippen molar-refractivity contribution in [1.82, 2.24) is 14.5 Å². The van der Waals surface area contributed by atoms with Crippen LogP contribution >= 0.6 is 0 Å². The molecule has 2 aromatic heterocycles. The van der Waals surface area contributed by atoms with E-state index < -0.39 is 30.6 Å². The molecule has 0 bridgehead atoms. The molecule has 3 heterocycles. The van der Waals surface area contributed by atoms with Crippen molar-refractivity contribution in [1.29, 1.82) is 5.26 Å². The Labute approximate surface area is 125 Å². The first-order valence-electron chi connectivity index (χ1n) is 6.59. The predicted molar refractivity (Wildman–Crippen MR) is 74.3 cm³/mol. The molecule has 5 N–H and O–H groups in total. The van der Waals surface area contributed by atoms with Gasteiger partial charge in [-0.15, -0.1) is 0 Å². The number of nitrogens with two attached hydrogens (primary N) is 1. The van der Waals surface area contributed by atoms with Crippen LogP contribution in [0.4, 0.5) is 5.82 Å². The van der Waals surface area contributed by atoms with E-state index in [0.29, 0.717) is 11.0 Å². The second-order valence-corrected chi connectivity index (χ2v) is 5.40. The summed E-state index contributed by atoms with van der Waals surface area (Å²) >= 11 is 0. The number of nitriles is 1. The molecular weight excluding hydrogens is 290 g/mol. The van der Waals surface area contributed by atoms with E-state index in [1.165, 1.54) is 24.0 Å². The number of ether oxygens (including phenoxy) is 1. The van der Waals surface area contributed by atoms with Crippen LogP contribution in [-0.2, 0) is 4.74 Å². The highest BCUT2D eigenvalue weighted by atomic mass is 16.6. The van der Waals surface area contributed by atoms with Gasteiger partial charge in [-0.25, -0.2) is 9.97 Å². The number of aliphatic hydroxyl groups is 3. The lowest BCUT2D eigenvalue weighted by Gasteiger charge is -2.27. The summed E-state index contributed by atoms with van der Waals surface area (Å²) in [6.07, 6.45) is -0.592. The molecule has 22 heavy (non-hydrogen) atoms. The lowest BCUT2D eigenvalue weighted by atomic mass is 9.96. The van der Waals surface area contributed by atoms with E-state index in [1.54, 1.807) is 0 Å². The summed E-state index contributed by atoms with van der Waals surface area (Å²) in [5.41, 5.74) is 4.65. The number of rotatable bonds is 2. The number of nitrogens with zero attached hydrogens (tertiary/aromatic N) is 4. The van der Waals surface area contributed by atoms with Crippen LogP contribution in [-0.4, -0.2) is 54.3 Å². The first-order chi connectivity index (χ1) is 10.4. The summed E-state index contributed by atoms with van der Waals surface area (Å²) in [6, 6.07) is 1.99. The van der Waals surface area contributed by atoms with Gasteiger partial charge in [-0.05, 0) is 6.92 Å². The van der Waals surface area contributed by atoms with Gasteiger partial charge in [0, 0.05) is 6.20 Å². The Kier molecular flexibility index (Phi) is 3.26. The molecule has 0 aromatic carbocycles. The van der Waals surface area contributed by atoms with Gasteiger partial charge >= 0.3 is 0 Å². The fourth-order valence-corrected chi connectivity index (χ4v) is 2.76. The second kappa shape index (κ2) is 4.89. The molecule has 116 valence electrons.